The summed E-state index contributed by atoms with van der Waals surface area (Å²) in [5.74, 6) is 0. The Morgan fingerprint density at radius 3 is 0.676 bits per heavy atom. The van der Waals surface area contributed by atoms with Gasteiger partial charge in [-0.05, 0) is 25.7 Å². The van der Waals surface area contributed by atoms with Gasteiger partial charge in [-0.25, -0.2) is 0 Å². The fourth-order valence-corrected chi connectivity index (χ4v) is 4.57. The lowest BCUT2D eigenvalue weighted by atomic mass is 10.1. The third-order valence-corrected chi connectivity index (χ3v) is 7.11. The number of hydrogen-bond donors (Lipinski definition) is 0. The van der Waals surface area contributed by atoms with Crippen LogP contribution in [0.15, 0.2) is 0 Å². The van der Waals surface area contributed by atoms with Crippen LogP contribution in [0, 0.1) is 0 Å². The van der Waals surface area contributed by atoms with Gasteiger partial charge < -0.3 is 18.9 Å². The highest BCUT2D eigenvalue weighted by Gasteiger charge is 2.35. The molecule has 0 aromatic heterocycles. The zero-order valence-corrected chi connectivity index (χ0v) is 25.9. The van der Waals surface area contributed by atoms with Crippen LogP contribution in [0.3, 0.4) is 0 Å². The van der Waals surface area contributed by atoms with Gasteiger partial charge in [0.05, 0.1) is 26.4 Å². The average Bonchev–Trinajstić information content (AvgIpc) is 2.91. The van der Waals surface area contributed by atoms with E-state index in [1.54, 1.807) is 0 Å². The Labute approximate surface area is 233 Å². The van der Waals surface area contributed by atoms with Crippen LogP contribution in [-0.4, -0.2) is 32.6 Å². The van der Waals surface area contributed by atoms with E-state index in [-0.39, 0.29) is 0 Å². The number of unbranched alkanes of at least 4 members (excludes halogenated alkanes) is 20. The Morgan fingerprint density at radius 1 is 0.270 bits per heavy atom. The Balaban J connectivity index is 4.78. The van der Waals surface area contributed by atoms with Crippen molar-refractivity contribution in [1.29, 1.82) is 0 Å². The lowest BCUT2D eigenvalue weighted by molar-refractivity contribution is -0.499. The summed E-state index contributed by atoms with van der Waals surface area (Å²) < 4.78 is 25.2. The maximum atomic E-state index is 6.30. The summed E-state index contributed by atoms with van der Waals surface area (Å²) in [7, 11) is 0. The van der Waals surface area contributed by atoms with Crippen LogP contribution in [-0.2, 0) is 18.9 Å². The predicted molar refractivity (Wildman–Crippen MR) is 160 cm³/mol. The van der Waals surface area contributed by atoms with Crippen LogP contribution in [0.1, 0.15) is 182 Å². The Kier molecular flexibility index (Phi) is 30.3. The molecule has 0 aliphatic rings. The average molecular weight is 529 g/mol. The Morgan fingerprint density at radius 2 is 0.459 bits per heavy atom. The molecule has 224 valence electrons. The number of hydrogen-bond acceptors (Lipinski definition) is 4. The van der Waals surface area contributed by atoms with Crippen LogP contribution in [0.2, 0.25) is 0 Å². The van der Waals surface area contributed by atoms with Gasteiger partial charge in [0, 0.05) is 0 Å². The maximum absolute atomic E-state index is 6.30. The normalized spacial score (nSPS) is 12.0. The molecule has 0 unspecified atom stereocenters. The first kappa shape index (κ1) is 36.8. The molecule has 0 amide bonds. The second-order valence-electron chi connectivity index (χ2n) is 11.0. The number of ether oxygens (including phenoxy) is 4. The molecule has 0 saturated carbocycles. The maximum Gasteiger partial charge on any atom is 0.412 e. The highest BCUT2D eigenvalue weighted by atomic mass is 17.0. The van der Waals surface area contributed by atoms with E-state index in [1.807, 2.05) is 0 Å². The van der Waals surface area contributed by atoms with Crippen molar-refractivity contribution in [2.24, 2.45) is 0 Å². The zero-order valence-electron chi connectivity index (χ0n) is 25.9. The van der Waals surface area contributed by atoms with Crippen molar-refractivity contribution in [3.05, 3.63) is 0 Å². The summed E-state index contributed by atoms with van der Waals surface area (Å²) in [6.45, 7) is 11.6. The minimum atomic E-state index is -1.32. The molecule has 0 rings (SSSR count). The smallest absolute Gasteiger partial charge is 0.303 e. The first-order valence-corrected chi connectivity index (χ1v) is 16.8. The Bertz CT molecular complexity index is 338. The third kappa shape index (κ3) is 25.9. The van der Waals surface area contributed by atoms with Gasteiger partial charge in [-0.3, -0.25) is 0 Å². The monoisotopic (exact) mass is 529 g/mol. The molecule has 0 saturated heterocycles. The molecular formula is C33H68O4. The fourth-order valence-electron chi connectivity index (χ4n) is 4.57. The SMILES string of the molecule is CCCCCCCCOC(OCCCCCCCC)(OCCCCCCCC)OCCCCCCCC. The van der Waals surface area contributed by atoms with Crippen LogP contribution >= 0.6 is 0 Å². The van der Waals surface area contributed by atoms with Gasteiger partial charge in [0.15, 0.2) is 0 Å². The van der Waals surface area contributed by atoms with E-state index in [1.165, 1.54) is 128 Å². The van der Waals surface area contributed by atoms with E-state index in [0.29, 0.717) is 26.4 Å². The van der Waals surface area contributed by atoms with E-state index < -0.39 is 6.16 Å². The van der Waals surface area contributed by atoms with E-state index in [0.717, 1.165) is 25.7 Å². The molecule has 0 spiro atoms. The van der Waals surface area contributed by atoms with E-state index in [4.69, 9.17) is 18.9 Å². The van der Waals surface area contributed by atoms with E-state index in [2.05, 4.69) is 27.7 Å². The van der Waals surface area contributed by atoms with Gasteiger partial charge in [-0.2, -0.15) is 0 Å². The molecule has 4 nitrogen and oxygen atoms in total. The summed E-state index contributed by atoms with van der Waals surface area (Å²) >= 11 is 0. The molecule has 0 radical (unpaired) electrons. The standard InChI is InChI=1S/C33H68O4/c1-5-9-13-17-21-25-29-34-33(35-30-26-22-18-14-10-6-2,36-31-27-23-19-15-11-7-3)37-32-28-24-20-16-12-8-4/h5-32H2,1-4H3. The highest BCUT2D eigenvalue weighted by molar-refractivity contribution is 4.53. The van der Waals surface area contributed by atoms with Crippen LogP contribution in [0.5, 0.6) is 0 Å². The summed E-state index contributed by atoms with van der Waals surface area (Å²) in [5, 5.41) is 0. The molecule has 0 fully saturated rings. The van der Waals surface area contributed by atoms with Gasteiger partial charge in [-0.15, -0.1) is 0 Å². The zero-order chi connectivity index (χ0) is 27.1. The van der Waals surface area contributed by atoms with Crippen LogP contribution in [0.4, 0.5) is 0 Å². The van der Waals surface area contributed by atoms with Gasteiger partial charge in [0.1, 0.15) is 0 Å². The minimum absolute atomic E-state index is 0.635. The largest absolute Gasteiger partial charge is 0.412 e. The van der Waals surface area contributed by atoms with E-state index in [9.17, 15) is 0 Å². The second kappa shape index (κ2) is 30.4. The van der Waals surface area contributed by atoms with Crippen LogP contribution < -0.4 is 0 Å². The topological polar surface area (TPSA) is 36.9 Å². The van der Waals surface area contributed by atoms with Crippen molar-refractivity contribution in [2.75, 3.05) is 26.4 Å². The first-order valence-electron chi connectivity index (χ1n) is 16.8. The van der Waals surface area contributed by atoms with Crippen molar-refractivity contribution >= 4 is 0 Å². The summed E-state index contributed by atoms with van der Waals surface area (Å²) in [5.41, 5.74) is 0. The summed E-state index contributed by atoms with van der Waals surface area (Å²) in [6.07, 6.45) is 28.4. The molecular weight excluding hydrogens is 460 g/mol. The molecule has 0 aromatic rings. The Hall–Kier alpha value is -0.160. The van der Waals surface area contributed by atoms with E-state index >= 15 is 0 Å². The van der Waals surface area contributed by atoms with Crippen molar-refractivity contribution in [2.45, 2.75) is 188 Å². The molecule has 0 N–H and O–H groups in total. The molecule has 37 heavy (non-hydrogen) atoms. The van der Waals surface area contributed by atoms with Gasteiger partial charge in [0.25, 0.3) is 0 Å². The molecule has 0 bridgehead atoms. The van der Waals surface area contributed by atoms with Crippen molar-refractivity contribution in [1.82, 2.24) is 0 Å². The molecule has 0 atom stereocenters. The fraction of sp³-hybridized carbons (Fsp3) is 1.00. The lowest BCUT2D eigenvalue weighted by Crippen LogP contribution is -2.43. The molecule has 0 aliphatic heterocycles. The quantitative estimate of drug-likeness (QED) is 0.0642. The van der Waals surface area contributed by atoms with Gasteiger partial charge >= 0.3 is 6.16 Å². The molecule has 0 aliphatic carbocycles. The number of rotatable bonds is 32. The minimum Gasteiger partial charge on any atom is -0.303 e. The van der Waals surface area contributed by atoms with Gasteiger partial charge in [0.2, 0.25) is 0 Å². The first-order chi connectivity index (χ1) is 18.2. The summed E-state index contributed by atoms with van der Waals surface area (Å²) in [6, 6.07) is 0. The molecule has 0 heterocycles. The molecule has 0 aromatic carbocycles. The third-order valence-electron chi connectivity index (χ3n) is 7.11. The van der Waals surface area contributed by atoms with Crippen molar-refractivity contribution in [3.8, 4) is 0 Å². The lowest BCUT2D eigenvalue weighted by Gasteiger charge is -2.32. The van der Waals surface area contributed by atoms with Crippen molar-refractivity contribution in [3.63, 3.8) is 0 Å². The van der Waals surface area contributed by atoms with Gasteiger partial charge in [-0.1, -0.05) is 156 Å². The molecule has 4 heteroatoms. The summed E-state index contributed by atoms with van der Waals surface area (Å²) in [4.78, 5) is 0. The van der Waals surface area contributed by atoms with Crippen molar-refractivity contribution < 1.29 is 18.9 Å². The highest BCUT2D eigenvalue weighted by Crippen LogP contribution is 2.22. The van der Waals surface area contributed by atoms with Crippen LogP contribution in [0.25, 0.3) is 0 Å². The predicted octanol–water partition coefficient (Wildman–Crippen LogP) is 11.1. The second-order valence-corrected chi connectivity index (χ2v) is 11.0.